The van der Waals surface area contributed by atoms with Gasteiger partial charge in [0.15, 0.2) is 0 Å². The van der Waals surface area contributed by atoms with Crippen molar-refractivity contribution >= 4 is 0 Å². The van der Waals surface area contributed by atoms with Crippen molar-refractivity contribution in [3.8, 4) is 0 Å². The van der Waals surface area contributed by atoms with Crippen molar-refractivity contribution in [2.45, 2.75) is 51.2 Å². The fourth-order valence-electron chi connectivity index (χ4n) is 4.63. The number of rotatable bonds is 17. The molecule has 4 nitrogen and oxygen atoms in total. The molecule has 41 heavy (non-hydrogen) atoms. The van der Waals surface area contributed by atoms with Crippen LogP contribution in [-0.2, 0) is 45.4 Å². The third-order valence-electron chi connectivity index (χ3n) is 6.92. The molecule has 0 saturated carbocycles. The Bertz CT molecular complexity index is 1310. The van der Waals surface area contributed by atoms with E-state index < -0.39 is 17.8 Å². The molecule has 0 amide bonds. The Morgan fingerprint density at radius 3 is 1.49 bits per heavy atom. The predicted octanol–water partition coefficient (Wildman–Crippen LogP) is 8.09. The lowest BCUT2D eigenvalue weighted by molar-refractivity contribution is -0.195. The SMILES string of the molecule is C=C[C@@](COCc1ccccc1)(OCc1ccccc1)[C@@H](OCc1ccccc1)[C@H](OCc1ccccc1)C(=C)C. The van der Waals surface area contributed by atoms with E-state index in [9.17, 15) is 0 Å². The van der Waals surface area contributed by atoms with Crippen molar-refractivity contribution in [1.82, 2.24) is 0 Å². The molecule has 0 aliphatic carbocycles. The molecule has 0 aliphatic rings. The van der Waals surface area contributed by atoms with Crippen LogP contribution >= 0.6 is 0 Å². The number of hydrogen-bond acceptors (Lipinski definition) is 4. The summed E-state index contributed by atoms with van der Waals surface area (Å²) in [5, 5.41) is 0. The van der Waals surface area contributed by atoms with Gasteiger partial charge >= 0.3 is 0 Å². The fraction of sp³-hybridized carbons (Fsp3) is 0.243. The van der Waals surface area contributed by atoms with Crippen LogP contribution in [0.15, 0.2) is 146 Å². The van der Waals surface area contributed by atoms with E-state index in [1.807, 2.05) is 128 Å². The summed E-state index contributed by atoms with van der Waals surface area (Å²) in [6, 6.07) is 40.4. The maximum atomic E-state index is 6.75. The van der Waals surface area contributed by atoms with Gasteiger partial charge in [-0.1, -0.05) is 134 Å². The Labute approximate surface area is 244 Å². The molecule has 0 fully saturated rings. The minimum Gasteiger partial charge on any atom is -0.373 e. The summed E-state index contributed by atoms with van der Waals surface area (Å²) in [5.74, 6) is 0. The molecule has 0 radical (unpaired) electrons. The highest BCUT2D eigenvalue weighted by molar-refractivity contribution is 5.20. The summed E-state index contributed by atoms with van der Waals surface area (Å²) in [6.07, 6.45) is 0.715. The van der Waals surface area contributed by atoms with Gasteiger partial charge in [0.2, 0.25) is 0 Å². The summed E-state index contributed by atoms with van der Waals surface area (Å²) >= 11 is 0. The second-order valence-electron chi connectivity index (χ2n) is 10.2. The first-order chi connectivity index (χ1) is 20.1. The molecule has 4 heteroatoms. The Balaban J connectivity index is 1.66. The topological polar surface area (TPSA) is 36.9 Å². The van der Waals surface area contributed by atoms with Crippen LogP contribution in [0.3, 0.4) is 0 Å². The van der Waals surface area contributed by atoms with Crippen LogP contribution in [0.5, 0.6) is 0 Å². The van der Waals surface area contributed by atoms with Crippen molar-refractivity contribution in [1.29, 1.82) is 0 Å². The van der Waals surface area contributed by atoms with Crippen molar-refractivity contribution in [2.75, 3.05) is 6.61 Å². The summed E-state index contributed by atoms with van der Waals surface area (Å²) in [7, 11) is 0. The zero-order valence-corrected chi connectivity index (χ0v) is 23.9. The van der Waals surface area contributed by atoms with Crippen LogP contribution in [0.1, 0.15) is 29.2 Å². The summed E-state index contributed by atoms with van der Waals surface area (Å²) in [6.45, 7) is 12.3. The highest BCUT2D eigenvalue weighted by Crippen LogP contribution is 2.32. The van der Waals surface area contributed by atoms with Crippen LogP contribution in [0.25, 0.3) is 0 Å². The van der Waals surface area contributed by atoms with E-state index in [1.165, 1.54) is 0 Å². The molecule has 0 unspecified atom stereocenters. The second-order valence-corrected chi connectivity index (χ2v) is 10.2. The number of hydrogen-bond donors (Lipinski definition) is 0. The second kappa shape index (κ2) is 15.8. The molecule has 0 N–H and O–H groups in total. The molecule has 0 aliphatic heterocycles. The molecule has 4 rings (SSSR count). The van der Waals surface area contributed by atoms with Crippen LogP contribution < -0.4 is 0 Å². The Hall–Kier alpha value is -3.80. The van der Waals surface area contributed by atoms with E-state index in [4.69, 9.17) is 18.9 Å². The highest BCUT2D eigenvalue weighted by Gasteiger charge is 2.45. The van der Waals surface area contributed by atoms with E-state index in [1.54, 1.807) is 6.08 Å². The summed E-state index contributed by atoms with van der Waals surface area (Å²) in [4.78, 5) is 0. The first-order valence-electron chi connectivity index (χ1n) is 14.0. The lowest BCUT2D eigenvalue weighted by Crippen LogP contribution is -2.55. The normalized spacial score (nSPS) is 14.1. The molecular weight excluding hydrogens is 508 g/mol. The third kappa shape index (κ3) is 9.10. The molecule has 0 aromatic heterocycles. The van der Waals surface area contributed by atoms with Gasteiger partial charge in [-0.25, -0.2) is 0 Å². The first kappa shape index (κ1) is 30.2. The minimum atomic E-state index is -1.04. The van der Waals surface area contributed by atoms with E-state index in [-0.39, 0.29) is 6.61 Å². The van der Waals surface area contributed by atoms with Gasteiger partial charge in [-0.05, 0) is 34.8 Å². The van der Waals surface area contributed by atoms with Crippen molar-refractivity contribution in [2.24, 2.45) is 0 Å². The first-order valence-corrected chi connectivity index (χ1v) is 14.0. The average Bonchev–Trinajstić information content (AvgIpc) is 3.02. The molecule has 212 valence electrons. The molecule has 0 heterocycles. The van der Waals surface area contributed by atoms with Gasteiger partial charge in [0.25, 0.3) is 0 Å². The van der Waals surface area contributed by atoms with Gasteiger partial charge in [-0.2, -0.15) is 0 Å². The largest absolute Gasteiger partial charge is 0.373 e. The number of benzene rings is 4. The summed E-state index contributed by atoms with van der Waals surface area (Å²) in [5.41, 5.74) is 4.02. The average molecular weight is 549 g/mol. The molecule has 0 bridgehead atoms. The zero-order valence-electron chi connectivity index (χ0n) is 23.9. The highest BCUT2D eigenvalue weighted by atomic mass is 16.6. The Morgan fingerprint density at radius 2 is 1.05 bits per heavy atom. The van der Waals surface area contributed by atoms with Gasteiger partial charge in [0.1, 0.15) is 17.8 Å². The predicted molar refractivity (Wildman–Crippen MR) is 165 cm³/mol. The third-order valence-corrected chi connectivity index (χ3v) is 6.92. The smallest absolute Gasteiger partial charge is 0.139 e. The molecule has 4 aromatic carbocycles. The quantitative estimate of drug-likeness (QED) is 0.125. The molecule has 4 aromatic rings. The molecule has 3 atom stereocenters. The van der Waals surface area contributed by atoms with E-state index in [0.29, 0.717) is 26.4 Å². The van der Waals surface area contributed by atoms with Crippen LogP contribution in [0, 0.1) is 0 Å². The Morgan fingerprint density at radius 1 is 0.634 bits per heavy atom. The van der Waals surface area contributed by atoms with Crippen LogP contribution in [-0.4, -0.2) is 24.4 Å². The molecule has 0 saturated heterocycles. The minimum absolute atomic E-state index is 0.218. The monoisotopic (exact) mass is 548 g/mol. The van der Waals surface area contributed by atoms with Gasteiger partial charge in [-0.3, -0.25) is 0 Å². The van der Waals surface area contributed by atoms with Crippen molar-refractivity contribution in [3.05, 3.63) is 168 Å². The van der Waals surface area contributed by atoms with Crippen molar-refractivity contribution < 1.29 is 18.9 Å². The Kier molecular flexibility index (Phi) is 11.7. The zero-order chi connectivity index (χ0) is 28.8. The van der Waals surface area contributed by atoms with Gasteiger partial charge < -0.3 is 18.9 Å². The van der Waals surface area contributed by atoms with Crippen LogP contribution in [0.4, 0.5) is 0 Å². The number of ether oxygens (including phenoxy) is 4. The standard InChI is InChI=1S/C37H40O4/c1-4-37(41-28-34-23-15-8-16-24-34,29-38-25-31-17-9-5-10-18-31)36(40-27-33-21-13-7-14-22-33)35(30(2)3)39-26-32-19-11-6-12-20-32/h4-24,35-36H,1-2,25-29H2,3H3/t35-,36+,37+/m1/s1. The van der Waals surface area contributed by atoms with Crippen LogP contribution in [0.2, 0.25) is 0 Å². The maximum absolute atomic E-state index is 6.75. The van der Waals surface area contributed by atoms with Gasteiger partial charge in [0.05, 0.1) is 33.0 Å². The van der Waals surface area contributed by atoms with Gasteiger partial charge in [0, 0.05) is 0 Å². The van der Waals surface area contributed by atoms with E-state index in [2.05, 4.69) is 13.2 Å². The van der Waals surface area contributed by atoms with E-state index >= 15 is 0 Å². The summed E-state index contributed by atoms with van der Waals surface area (Å²) < 4.78 is 26.4. The lowest BCUT2D eigenvalue weighted by atomic mass is 9.89. The molecule has 0 spiro atoms. The fourth-order valence-corrected chi connectivity index (χ4v) is 4.63. The van der Waals surface area contributed by atoms with Gasteiger partial charge in [-0.15, -0.1) is 6.58 Å². The van der Waals surface area contributed by atoms with E-state index in [0.717, 1.165) is 27.8 Å². The molecular formula is C37H40O4. The van der Waals surface area contributed by atoms with Crippen molar-refractivity contribution in [3.63, 3.8) is 0 Å². The maximum Gasteiger partial charge on any atom is 0.139 e. The lowest BCUT2D eigenvalue weighted by Gasteiger charge is -2.42.